The molecule has 1 aliphatic rings. The van der Waals surface area contributed by atoms with Gasteiger partial charge in [-0.2, -0.15) is 0 Å². The first-order valence-electron chi connectivity index (χ1n) is 13.4. The highest BCUT2D eigenvalue weighted by atomic mass is 32.2. The Morgan fingerprint density at radius 3 is 2.59 bits per heavy atom. The van der Waals surface area contributed by atoms with Crippen LogP contribution in [0.15, 0.2) is 90.3 Å². The lowest BCUT2D eigenvalue weighted by atomic mass is 9.87. The van der Waals surface area contributed by atoms with Crippen LogP contribution in [0.3, 0.4) is 0 Å². The van der Waals surface area contributed by atoms with Gasteiger partial charge in [-0.25, -0.2) is 13.4 Å². The molecule has 0 aliphatic heterocycles. The molecule has 0 saturated heterocycles. The van der Waals surface area contributed by atoms with Crippen molar-refractivity contribution in [3.63, 3.8) is 0 Å². The molecule has 0 fully saturated rings. The zero-order valence-corrected chi connectivity index (χ0v) is 23.2. The van der Waals surface area contributed by atoms with Crippen LogP contribution in [0.25, 0.3) is 0 Å². The molecule has 0 radical (unpaired) electrons. The Labute approximate surface area is 238 Å². The number of hydrogen-bond donors (Lipinski definition) is 2. The Morgan fingerprint density at radius 2 is 1.83 bits per heavy atom. The second kappa shape index (κ2) is 12.5. The molecule has 0 bridgehead atoms. The van der Waals surface area contributed by atoms with Gasteiger partial charge in [0, 0.05) is 36.5 Å². The Bertz CT molecular complexity index is 1640. The van der Waals surface area contributed by atoms with E-state index in [1.807, 2.05) is 41.1 Å². The quantitative estimate of drug-likeness (QED) is 0.278. The topological polar surface area (TPSA) is 128 Å². The van der Waals surface area contributed by atoms with E-state index < -0.39 is 27.6 Å². The fourth-order valence-electron chi connectivity index (χ4n) is 5.12. The summed E-state index contributed by atoms with van der Waals surface area (Å²) >= 11 is 0. The maximum Gasteiger partial charge on any atom is 0.252 e. The molecule has 10 heteroatoms. The number of nitrogens with one attached hydrogen (secondary N) is 1. The number of fused-ring (bicyclic) bond motifs is 1. The molecule has 3 aromatic carbocycles. The first-order chi connectivity index (χ1) is 19.9. The Hall–Kier alpha value is -4.28. The number of imidazole rings is 1. The van der Waals surface area contributed by atoms with Gasteiger partial charge in [0.15, 0.2) is 15.6 Å². The van der Waals surface area contributed by atoms with Gasteiger partial charge in [-0.15, -0.1) is 0 Å². The van der Waals surface area contributed by atoms with E-state index in [9.17, 15) is 18.0 Å². The minimum Gasteiger partial charge on any atom is -0.484 e. The van der Waals surface area contributed by atoms with Gasteiger partial charge >= 0.3 is 0 Å². The lowest BCUT2D eigenvalue weighted by Gasteiger charge is -2.26. The van der Waals surface area contributed by atoms with Gasteiger partial charge < -0.3 is 19.7 Å². The van der Waals surface area contributed by atoms with Gasteiger partial charge in [0.05, 0.1) is 35.7 Å². The van der Waals surface area contributed by atoms with Crippen LogP contribution in [0.5, 0.6) is 5.75 Å². The van der Waals surface area contributed by atoms with Gasteiger partial charge in [-0.1, -0.05) is 42.5 Å². The number of ether oxygens (including phenoxy) is 1. The van der Waals surface area contributed by atoms with Crippen LogP contribution in [-0.4, -0.2) is 47.9 Å². The smallest absolute Gasteiger partial charge is 0.252 e. The van der Waals surface area contributed by atoms with E-state index in [0.29, 0.717) is 48.2 Å². The molecule has 1 unspecified atom stereocenters. The Kier molecular flexibility index (Phi) is 8.61. The Morgan fingerprint density at radius 1 is 1.05 bits per heavy atom. The van der Waals surface area contributed by atoms with Gasteiger partial charge in [-0.05, 0) is 48.2 Å². The molecule has 1 aliphatic carbocycles. The minimum absolute atomic E-state index is 0.00268. The van der Waals surface area contributed by atoms with Crippen molar-refractivity contribution in [1.82, 2.24) is 14.9 Å². The number of amides is 1. The van der Waals surface area contributed by atoms with Crippen LogP contribution in [0.1, 0.15) is 56.4 Å². The molecule has 41 heavy (non-hydrogen) atoms. The van der Waals surface area contributed by atoms with Crippen LogP contribution in [-0.2, 0) is 28.6 Å². The summed E-state index contributed by atoms with van der Waals surface area (Å²) in [6.45, 7) is 0.157. The number of aliphatic hydroxyl groups excluding tert-OH is 1. The van der Waals surface area contributed by atoms with E-state index in [1.165, 1.54) is 12.1 Å². The summed E-state index contributed by atoms with van der Waals surface area (Å²) in [7, 11) is -4.07. The van der Waals surface area contributed by atoms with Crippen LogP contribution < -0.4 is 10.1 Å². The molecule has 4 aromatic rings. The molecule has 1 aromatic heterocycles. The Balaban J connectivity index is 1.57. The van der Waals surface area contributed by atoms with Crippen molar-refractivity contribution >= 4 is 21.5 Å². The highest BCUT2D eigenvalue weighted by Crippen LogP contribution is 2.37. The zero-order chi connectivity index (χ0) is 28.8. The molecule has 9 nitrogen and oxygen atoms in total. The van der Waals surface area contributed by atoms with Crippen molar-refractivity contribution in [3.8, 4) is 5.75 Å². The number of aliphatic hydroxyl groups is 1. The maximum atomic E-state index is 14.0. The third-order valence-corrected chi connectivity index (χ3v) is 8.79. The highest BCUT2D eigenvalue weighted by Gasteiger charge is 2.30. The van der Waals surface area contributed by atoms with Crippen LogP contribution in [0.4, 0.5) is 0 Å². The van der Waals surface area contributed by atoms with Crippen LogP contribution in [0.2, 0.25) is 0 Å². The van der Waals surface area contributed by atoms with Gasteiger partial charge in [0.1, 0.15) is 11.9 Å². The van der Waals surface area contributed by atoms with Gasteiger partial charge in [-0.3, -0.25) is 9.59 Å². The summed E-state index contributed by atoms with van der Waals surface area (Å²) < 4.78 is 36.4. The van der Waals surface area contributed by atoms with Crippen LogP contribution >= 0.6 is 0 Å². The SMILES string of the molecule is O=C(NCCO)c1ccccc1S(=O)(=O)Cc1c(OC(Cn2ccnc2)c2ccccc2)ccc2c1CCCC2=O. The lowest BCUT2D eigenvalue weighted by Crippen LogP contribution is -2.28. The predicted molar refractivity (Wildman–Crippen MR) is 152 cm³/mol. The molecule has 5 rings (SSSR count). The average Bonchev–Trinajstić information content (AvgIpc) is 3.50. The first-order valence-corrected chi connectivity index (χ1v) is 15.1. The summed E-state index contributed by atoms with van der Waals surface area (Å²) in [5.74, 6) is -0.698. The summed E-state index contributed by atoms with van der Waals surface area (Å²) in [5, 5.41) is 11.6. The summed E-state index contributed by atoms with van der Waals surface area (Å²) in [4.78, 5) is 29.6. The van der Waals surface area contributed by atoms with Crippen molar-refractivity contribution in [3.05, 3.63) is 113 Å². The minimum atomic E-state index is -4.07. The van der Waals surface area contributed by atoms with Gasteiger partial charge in [0.2, 0.25) is 0 Å². The molecular formula is C31H31N3O6S. The van der Waals surface area contributed by atoms with Gasteiger partial charge in [0.25, 0.3) is 5.91 Å². The average molecular weight is 574 g/mol. The van der Waals surface area contributed by atoms with Crippen molar-refractivity contribution < 1.29 is 27.9 Å². The van der Waals surface area contributed by atoms with E-state index in [0.717, 1.165) is 5.56 Å². The molecule has 0 saturated carbocycles. The predicted octanol–water partition coefficient (Wildman–Crippen LogP) is 3.92. The number of rotatable bonds is 11. The van der Waals surface area contributed by atoms with E-state index in [-0.39, 0.29) is 29.4 Å². The van der Waals surface area contributed by atoms with Crippen molar-refractivity contribution in [2.45, 2.75) is 42.6 Å². The number of aromatic nitrogens is 2. The van der Waals surface area contributed by atoms with E-state index >= 15 is 0 Å². The van der Waals surface area contributed by atoms with E-state index in [4.69, 9.17) is 9.84 Å². The molecule has 1 amide bonds. The number of nitrogens with zero attached hydrogens (tertiary/aromatic N) is 2. The molecule has 1 atom stereocenters. The van der Waals surface area contributed by atoms with Crippen molar-refractivity contribution in [2.75, 3.05) is 13.2 Å². The van der Waals surface area contributed by atoms with E-state index in [1.54, 1.807) is 36.8 Å². The summed E-state index contributed by atoms with van der Waals surface area (Å²) in [5.41, 5.74) is 2.49. The maximum absolute atomic E-state index is 14.0. The zero-order valence-electron chi connectivity index (χ0n) is 22.4. The third-order valence-electron chi connectivity index (χ3n) is 7.09. The second-order valence-corrected chi connectivity index (χ2v) is 11.8. The molecule has 0 spiro atoms. The molecule has 212 valence electrons. The number of hydrogen-bond acceptors (Lipinski definition) is 7. The number of carbonyl (C=O) groups excluding carboxylic acids is 2. The lowest BCUT2D eigenvalue weighted by molar-refractivity contribution is 0.0939. The molecule has 1 heterocycles. The standard InChI is InChI=1S/C31H31N3O6S/c35-18-16-33-31(37)25-9-4-5-12-30(25)41(38,39)20-26-23-10-6-11-27(36)24(23)13-14-28(26)40-29(19-34-17-15-32-21-34)22-7-2-1-3-8-22/h1-5,7-9,12-15,17,21,29,35H,6,10-11,16,18-20H2,(H,33,37). The molecular weight excluding hydrogens is 542 g/mol. The number of carbonyl (C=O) groups is 2. The number of Topliss-reactive ketones (excluding diaryl/α,β-unsaturated/α-hetero) is 1. The number of sulfone groups is 1. The largest absolute Gasteiger partial charge is 0.484 e. The second-order valence-electron chi connectivity index (χ2n) is 9.86. The third kappa shape index (κ3) is 6.39. The van der Waals surface area contributed by atoms with Crippen molar-refractivity contribution in [2.24, 2.45) is 0 Å². The number of ketones is 1. The van der Waals surface area contributed by atoms with Crippen molar-refractivity contribution in [1.29, 1.82) is 0 Å². The normalized spacial score (nSPS) is 13.8. The monoisotopic (exact) mass is 573 g/mol. The van der Waals surface area contributed by atoms with Crippen LogP contribution in [0, 0.1) is 0 Å². The fourth-order valence-corrected chi connectivity index (χ4v) is 6.76. The molecule has 2 N–H and O–H groups in total. The summed E-state index contributed by atoms with van der Waals surface area (Å²) in [6.07, 6.45) is 6.28. The first kappa shape index (κ1) is 28.3. The highest BCUT2D eigenvalue weighted by molar-refractivity contribution is 7.90. The number of benzene rings is 3. The van der Waals surface area contributed by atoms with E-state index in [2.05, 4.69) is 10.3 Å². The fraction of sp³-hybridized carbons (Fsp3) is 0.258. The summed E-state index contributed by atoms with van der Waals surface area (Å²) in [6, 6.07) is 19.0.